The Labute approximate surface area is 106 Å². The molecular formula is C13H16ClNO2. The van der Waals surface area contributed by atoms with Crippen LogP contribution in [0.2, 0.25) is 5.02 Å². The van der Waals surface area contributed by atoms with Crippen LogP contribution in [0, 0.1) is 5.92 Å². The molecular weight excluding hydrogens is 238 g/mol. The molecule has 0 radical (unpaired) electrons. The minimum Gasteiger partial charge on any atom is -0.384 e. The number of hydrogen-bond acceptors (Lipinski definition) is 3. The van der Waals surface area contributed by atoms with E-state index < -0.39 is 0 Å². The van der Waals surface area contributed by atoms with Crippen LogP contribution in [0.15, 0.2) is 18.2 Å². The SMILES string of the molecule is COCC1CCN(c2cccc(Cl)c2C=O)C1. The lowest BCUT2D eigenvalue weighted by Crippen LogP contribution is -2.22. The number of ether oxygens (including phenoxy) is 1. The maximum atomic E-state index is 11.1. The van der Waals surface area contributed by atoms with Crippen molar-refractivity contribution in [3.63, 3.8) is 0 Å². The molecule has 1 unspecified atom stereocenters. The second kappa shape index (κ2) is 5.52. The highest BCUT2D eigenvalue weighted by atomic mass is 35.5. The van der Waals surface area contributed by atoms with Crippen LogP contribution in [0.1, 0.15) is 16.8 Å². The monoisotopic (exact) mass is 253 g/mol. The van der Waals surface area contributed by atoms with Gasteiger partial charge >= 0.3 is 0 Å². The maximum absolute atomic E-state index is 11.1. The summed E-state index contributed by atoms with van der Waals surface area (Å²) in [5, 5.41) is 0.521. The van der Waals surface area contributed by atoms with Gasteiger partial charge in [0, 0.05) is 31.8 Å². The fourth-order valence-corrected chi connectivity index (χ4v) is 2.56. The number of anilines is 1. The largest absolute Gasteiger partial charge is 0.384 e. The molecule has 1 saturated heterocycles. The molecule has 0 bridgehead atoms. The summed E-state index contributed by atoms with van der Waals surface area (Å²) in [6, 6.07) is 5.58. The zero-order valence-corrected chi connectivity index (χ0v) is 10.6. The van der Waals surface area contributed by atoms with Crippen molar-refractivity contribution in [1.29, 1.82) is 0 Å². The molecule has 1 fully saturated rings. The van der Waals surface area contributed by atoms with Gasteiger partial charge in [0.05, 0.1) is 17.2 Å². The number of carbonyl (C=O) groups is 1. The first kappa shape index (κ1) is 12.4. The molecule has 92 valence electrons. The molecule has 2 rings (SSSR count). The second-order valence-corrected chi connectivity index (χ2v) is 4.75. The highest BCUT2D eigenvalue weighted by Crippen LogP contribution is 2.30. The molecule has 0 amide bonds. The van der Waals surface area contributed by atoms with Crippen LogP contribution in [0.5, 0.6) is 0 Å². The van der Waals surface area contributed by atoms with Crippen LogP contribution in [-0.4, -0.2) is 33.1 Å². The van der Waals surface area contributed by atoms with Crippen molar-refractivity contribution in [2.75, 3.05) is 31.7 Å². The van der Waals surface area contributed by atoms with Gasteiger partial charge < -0.3 is 9.64 Å². The molecule has 3 nitrogen and oxygen atoms in total. The van der Waals surface area contributed by atoms with Gasteiger partial charge in [0.15, 0.2) is 6.29 Å². The fourth-order valence-electron chi connectivity index (χ4n) is 2.34. The first-order chi connectivity index (χ1) is 8.26. The number of hydrogen-bond donors (Lipinski definition) is 0. The van der Waals surface area contributed by atoms with Crippen molar-refractivity contribution >= 4 is 23.6 Å². The molecule has 1 aromatic carbocycles. The average Bonchev–Trinajstić information content (AvgIpc) is 2.78. The van der Waals surface area contributed by atoms with E-state index in [1.807, 2.05) is 12.1 Å². The molecule has 0 N–H and O–H groups in total. The van der Waals surface area contributed by atoms with Crippen molar-refractivity contribution in [3.05, 3.63) is 28.8 Å². The molecule has 17 heavy (non-hydrogen) atoms. The summed E-state index contributed by atoms with van der Waals surface area (Å²) in [4.78, 5) is 13.3. The van der Waals surface area contributed by atoms with Gasteiger partial charge in [-0.15, -0.1) is 0 Å². The molecule has 1 heterocycles. The van der Waals surface area contributed by atoms with E-state index in [0.717, 1.165) is 38.1 Å². The summed E-state index contributed by atoms with van der Waals surface area (Å²) in [6.45, 7) is 2.65. The number of aldehydes is 1. The van der Waals surface area contributed by atoms with Crippen molar-refractivity contribution < 1.29 is 9.53 Å². The zero-order chi connectivity index (χ0) is 12.3. The number of benzene rings is 1. The number of rotatable bonds is 4. The average molecular weight is 254 g/mol. The molecule has 1 aromatic rings. The van der Waals surface area contributed by atoms with E-state index in [0.29, 0.717) is 16.5 Å². The van der Waals surface area contributed by atoms with Crippen molar-refractivity contribution in [1.82, 2.24) is 0 Å². The Balaban J connectivity index is 2.18. The van der Waals surface area contributed by atoms with E-state index in [1.54, 1.807) is 13.2 Å². The lowest BCUT2D eigenvalue weighted by molar-refractivity contribution is 0.112. The highest BCUT2D eigenvalue weighted by molar-refractivity contribution is 6.33. The maximum Gasteiger partial charge on any atom is 0.153 e. The first-order valence-corrected chi connectivity index (χ1v) is 6.11. The fraction of sp³-hybridized carbons (Fsp3) is 0.462. The van der Waals surface area contributed by atoms with Crippen LogP contribution in [0.3, 0.4) is 0 Å². The molecule has 1 atom stereocenters. The normalized spacial score (nSPS) is 19.6. The molecule has 0 aromatic heterocycles. The van der Waals surface area contributed by atoms with Crippen LogP contribution >= 0.6 is 11.6 Å². The van der Waals surface area contributed by atoms with Gasteiger partial charge in [-0.1, -0.05) is 17.7 Å². The molecule has 4 heteroatoms. The minimum atomic E-state index is 0.521. The Hall–Kier alpha value is -1.06. The van der Waals surface area contributed by atoms with Gasteiger partial charge in [0.2, 0.25) is 0 Å². The van der Waals surface area contributed by atoms with E-state index in [2.05, 4.69) is 4.90 Å². The van der Waals surface area contributed by atoms with Gasteiger partial charge in [-0.3, -0.25) is 4.79 Å². The lowest BCUT2D eigenvalue weighted by Gasteiger charge is -2.20. The third-order valence-electron chi connectivity index (χ3n) is 3.18. The predicted octanol–water partition coefficient (Wildman–Crippen LogP) is 2.63. The van der Waals surface area contributed by atoms with E-state index in [4.69, 9.17) is 16.3 Å². The van der Waals surface area contributed by atoms with Crippen molar-refractivity contribution in [2.45, 2.75) is 6.42 Å². The number of methoxy groups -OCH3 is 1. The van der Waals surface area contributed by atoms with Crippen LogP contribution in [-0.2, 0) is 4.74 Å². The van der Waals surface area contributed by atoms with E-state index in [1.165, 1.54) is 0 Å². The highest BCUT2D eigenvalue weighted by Gasteiger charge is 2.24. The van der Waals surface area contributed by atoms with Gasteiger partial charge in [-0.2, -0.15) is 0 Å². The van der Waals surface area contributed by atoms with Crippen LogP contribution in [0.4, 0.5) is 5.69 Å². The Morgan fingerprint density at radius 2 is 2.41 bits per heavy atom. The Kier molecular flexibility index (Phi) is 4.02. The van der Waals surface area contributed by atoms with Gasteiger partial charge in [0.25, 0.3) is 0 Å². The third-order valence-corrected chi connectivity index (χ3v) is 3.51. The predicted molar refractivity (Wildman–Crippen MR) is 69.0 cm³/mol. The molecule has 0 saturated carbocycles. The van der Waals surface area contributed by atoms with E-state index in [9.17, 15) is 4.79 Å². The minimum absolute atomic E-state index is 0.521. The number of halogens is 1. The summed E-state index contributed by atoms with van der Waals surface area (Å²) < 4.78 is 5.17. The second-order valence-electron chi connectivity index (χ2n) is 4.35. The van der Waals surface area contributed by atoms with Crippen molar-refractivity contribution in [2.24, 2.45) is 5.92 Å². The summed E-state index contributed by atoms with van der Waals surface area (Å²) in [5.41, 5.74) is 1.53. The van der Waals surface area contributed by atoms with Gasteiger partial charge in [-0.25, -0.2) is 0 Å². The first-order valence-electron chi connectivity index (χ1n) is 5.74. The molecule has 0 aliphatic carbocycles. The quantitative estimate of drug-likeness (QED) is 0.773. The number of carbonyl (C=O) groups excluding carboxylic acids is 1. The summed E-state index contributed by atoms with van der Waals surface area (Å²) in [6.07, 6.45) is 1.93. The smallest absolute Gasteiger partial charge is 0.153 e. The number of nitrogens with zero attached hydrogens (tertiary/aromatic N) is 1. The lowest BCUT2D eigenvalue weighted by atomic mass is 10.1. The standard InChI is InChI=1S/C13H16ClNO2/c1-17-9-10-5-6-15(7-10)13-4-2-3-12(14)11(13)8-16/h2-4,8,10H,5-7,9H2,1H3. The van der Waals surface area contributed by atoms with Crippen LogP contribution in [0.25, 0.3) is 0 Å². The zero-order valence-electron chi connectivity index (χ0n) is 9.86. The molecule has 0 spiro atoms. The molecule has 1 aliphatic rings. The van der Waals surface area contributed by atoms with Gasteiger partial charge in [0.1, 0.15) is 0 Å². The topological polar surface area (TPSA) is 29.5 Å². The van der Waals surface area contributed by atoms with E-state index >= 15 is 0 Å². The van der Waals surface area contributed by atoms with Crippen LogP contribution < -0.4 is 4.90 Å². The summed E-state index contributed by atoms with van der Waals surface area (Å²) >= 11 is 6.02. The van der Waals surface area contributed by atoms with E-state index in [-0.39, 0.29) is 0 Å². The summed E-state index contributed by atoms with van der Waals surface area (Å²) in [7, 11) is 1.72. The summed E-state index contributed by atoms with van der Waals surface area (Å²) in [5.74, 6) is 0.540. The molecule has 1 aliphatic heterocycles. The Bertz CT molecular complexity index is 408. The van der Waals surface area contributed by atoms with Crippen molar-refractivity contribution in [3.8, 4) is 0 Å². The Morgan fingerprint density at radius 3 is 3.12 bits per heavy atom. The Morgan fingerprint density at radius 1 is 1.59 bits per heavy atom. The van der Waals surface area contributed by atoms with Gasteiger partial charge in [-0.05, 0) is 18.6 Å². The third kappa shape index (κ3) is 2.61.